The Labute approximate surface area is 115 Å². The predicted molar refractivity (Wildman–Crippen MR) is 73.9 cm³/mol. The fraction of sp³-hybridized carbons (Fsp3) is 0.500. The molecule has 2 aromatic rings. The van der Waals surface area contributed by atoms with Crippen molar-refractivity contribution < 1.29 is 4.79 Å². The molecule has 0 aliphatic heterocycles. The normalized spacial score (nSPS) is 10.9. The van der Waals surface area contributed by atoms with Crippen LogP contribution in [0.5, 0.6) is 0 Å². The number of aromatic amines is 1. The molecular formula is C12H17N5OS. The number of hydrogen-bond donors (Lipinski definition) is 2. The van der Waals surface area contributed by atoms with Crippen molar-refractivity contribution in [2.24, 2.45) is 5.92 Å². The maximum atomic E-state index is 11.9. The second kappa shape index (κ2) is 6.42. The molecule has 0 aliphatic carbocycles. The van der Waals surface area contributed by atoms with Crippen LogP contribution in [-0.4, -0.2) is 32.6 Å². The summed E-state index contributed by atoms with van der Waals surface area (Å²) in [5, 5.41) is 11.8. The molecule has 0 aliphatic rings. The van der Waals surface area contributed by atoms with Gasteiger partial charge in [0.1, 0.15) is 12.0 Å². The van der Waals surface area contributed by atoms with Gasteiger partial charge in [0.2, 0.25) is 0 Å². The first kappa shape index (κ1) is 13.7. The lowest BCUT2D eigenvalue weighted by Crippen LogP contribution is -2.24. The van der Waals surface area contributed by atoms with Crippen LogP contribution < -0.4 is 5.32 Å². The number of amides is 1. The smallest absolute Gasteiger partial charge is 0.270 e. The highest BCUT2D eigenvalue weighted by Gasteiger charge is 2.12. The molecule has 0 radical (unpaired) electrons. The molecule has 6 nitrogen and oxygen atoms in total. The molecule has 0 fully saturated rings. The van der Waals surface area contributed by atoms with Crippen molar-refractivity contribution >= 4 is 17.2 Å². The first-order valence-corrected chi connectivity index (χ1v) is 7.14. The van der Waals surface area contributed by atoms with Crippen LogP contribution in [0.25, 0.3) is 10.8 Å². The van der Waals surface area contributed by atoms with Gasteiger partial charge in [0.15, 0.2) is 10.8 Å². The first-order valence-electron chi connectivity index (χ1n) is 6.26. The maximum Gasteiger partial charge on any atom is 0.270 e. The van der Waals surface area contributed by atoms with Gasteiger partial charge in [-0.3, -0.25) is 9.89 Å². The Balaban J connectivity index is 1.86. The van der Waals surface area contributed by atoms with Gasteiger partial charge in [0.25, 0.3) is 5.91 Å². The minimum absolute atomic E-state index is 0.134. The van der Waals surface area contributed by atoms with E-state index >= 15 is 0 Å². The number of carbonyl (C=O) groups excluding carboxylic acids is 1. The van der Waals surface area contributed by atoms with Crippen LogP contribution in [0, 0.1) is 5.92 Å². The van der Waals surface area contributed by atoms with Crippen LogP contribution in [0.2, 0.25) is 0 Å². The molecule has 2 heterocycles. The third-order valence-electron chi connectivity index (χ3n) is 2.60. The average Bonchev–Trinajstić information content (AvgIpc) is 3.03. The lowest BCUT2D eigenvalue weighted by atomic mass is 10.1. The molecule has 19 heavy (non-hydrogen) atoms. The second-order valence-corrected chi connectivity index (χ2v) is 5.52. The molecule has 0 saturated carbocycles. The Kier molecular flexibility index (Phi) is 4.62. The van der Waals surface area contributed by atoms with Gasteiger partial charge in [0, 0.05) is 11.9 Å². The number of aromatic nitrogens is 4. The molecule has 0 atom stereocenters. The summed E-state index contributed by atoms with van der Waals surface area (Å²) < 4.78 is 0. The van der Waals surface area contributed by atoms with E-state index in [1.165, 1.54) is 17.7 Å². The Bertz CT molecular complexity index is 520. The quantitative estimate of drug-likeness (QED) is 0.793. The first-order chi connectivity index (χ1) is 9.16. The van der Waals surface area contributed by atoms with E-state index < -0.39 is 0 Å². The summed E-state index contributed by atoms with van der Waals surface area (Å²) in [4.78, 5) is 20.1. The third-order valence-corrected chi connectivity index (χ3v) is 3.45. The van der Waals surface area contributed by atoms with E-state index in [2.05, 4.69) is 39.3 Å². The van der Waals surface area contributed by atoms with E-state index in [1.54, 1.807) is 5.38 Å². The highest BCUT2D eigenvalue weighted by molar-refractivity contribution is 7.13. The molecule has 7 heteroatoms. The van der Waals surface area contributed by atoms with E-state index in [4.69, 9.17) is 0 Å². The Hall–Kier alpha value is -1.76. The third kappa shape index (κ3) is 3.85. The molecule has 0 saturated heterocycles. The van der Waals surface area contributed by atoms with Crippen LogP contribution in [-0.2, 0) is 0 Å². The van der Waals surface area contributed by atoms with Crippen molar-refractivity contribution in [1.82, 2.24) is 25.5 Å². The van der Waals surface area contributed by atoms with Crippen molar-refractivity contribution in [1.29, 1.82) is 0 Å². The summed E-state index contributed by atoms with van der Waals surface area (Å²) in [6.45, 7) is 5.03. The van der Waals surface area contributed by atoms with Crippen molar-refractivity contribution in [3.8, 4) is 10.8 Å². The average molecular weight is 279 g/mol. The molecular weight excluding hydrogens is 262 g/mol. The lowest BCUT2D eigenvalue weighted by molar-refractivity contribution is 0.0948. The molecule has 0 spiro atoms. The van der Waals surface area contributed by atoms with E-state index in [1.807, 2.05) is 0 Å². The number of H-pyrrole nitrogens is 1. The summed E-state index contributed by atoms with van der Waals surface area (Å²) in [6, 6.07) is 0. The van der Waals surface area contributed by atoms with E-state index in [0.29, 0.717) is 29.0 Å². The molecule has 2 N–H and O–H groups in total. The predicted octanol–water partition coefficient (Wildman–Crippen LogP) is 2.09. The highest BCUT2D eigenvalue weighted by atomic mass is 32.1. The monoisotopic (exact) mass is 279 g/mol. The van der Waals surface area contributed by atoms with Gasteiger partial charge in [-0.05, 0) is 18.8 Å². The number of thiazole rings is 1. The van der Waals surface area contributed by atoms with E-state index in [-0.39, 0.29) is 5.91 Å². The van der Waals surface area contributed by atoms with Gasteiger partial charge in [-0.1, -0.05) is 13.8 Å². The number of nitrogens with zero attached hydrogens (tertiary/aromatic N) is 3. The van der Waals surface area contributed by atoms with E-state index in [0.717, 1.165) is 12.8 Å². The number of carbonyl (C=O) groups is 1. The lowest BCUT2D eigenvalue weighted by Gasteiger charge is -2.05. The van der Waals surface area contributed by atoms with Crippen LogP contribution in [0.3, 0.4) is 0 Å². The molecule has 102 valence electrons. The Morgan fingerprint density at radius 3 is 3.05 bits per heavy atom. The zero-order valence-electron chi connectivity index (χ0n) is 11.0. The van der Waals surface area contributed by atoms with Gasteiger partial charge in [0.05, 0.1) is 0 Å². The largest absolute Gasteiger partial charge is 0.351 e. The summed E-state index contributed by atoms with van der Waals surface area (Å²) in [5.41, 5.74) is 0.431. The number of rotatable bonds is 6. The summed E-state index contributed by atoms with van der Waals surface area (Å²) >= 11 is 1.37. The molecule has 0 unspecified atom stereocenters. The zero-order chi connectivity index (χ0) is 13.7. The van der Waals surface area contributed by atoms with Crippen molar-refractivity contribution in [3.63, 3.8) is 0 Å². The summed E-state index contributed by atoms with van der Waals surface area (Å²) in [5.74, 6) is 1.11. The topological polar surface area (TPSA) is 83.6 Å². The number of nitrogens with one attached hydrogen (secondary N) is 2. The van der Waals surface area contributed by atoms with Gasteiger partial charge in [-0.25, -0.2) is 9.97 Å². The van der Waals surface area contributed by atoms with Crippen molar-refractivity contribution in [2.75, 3.05) is 6.54 Å². The Morgan fingerprint density at radius 1 is 1.53 bits per heavy atom. The van der Waals surface area contributed by atoms with Crippen molar-refractivity contribution in [3.05, 3.63) is 17.4 Å². The van der Waals surface area contributed by atoms with Crippen LogP contribution in [0.1, 0.15) is 37.2 Å². The minimum atomic E-state index is -0.134. The summed E-state index contributed by atoms with van der Waals surface area (Å²) in [6.07, 6.45) is 3.52. The fourth-order valence-electron chi connectivity index (χ4n) is 1.60. The molecule has 0 aromatic carbocycles. The minimum Gasteiger partial charge on any atom is -0.351 e. The van der Waals surface area contributed by atoms with Gasteiger partial charge >= 0.3 is 0 Å². The fourth-order valence-corrected chi connectivity index (χ4v) is 2.34. The maximum absolute atomic E-state index is 11.9. The van der Waals surface area contributed by atoms with Crippen LogP contribution >= 0.6 is 11.3 Å². The highest BCUT2D eigenvalue weighted by Crippen LogP contribution is 2.19. The molecule has 2 rings (SSSR count). The van der Waals surface area contributed by atoms with Gasteiger partial charge in [-0.2, -0.15) is 5.10 Å². The van der Waals surface area contributed by atoms with Gasteiger partial charge in [-0.15, -0.1) is 11.3 Å². The van der Waals surface area contributed by atoms with Crippen LogP contribution in [0.15, 0.2) is 11.7 Å². The van der Waals surface area contributed by atoms with Crippen LogP contribution in [0.4, 0.5) is 0 Å². The van der Waals surface area contributed by atoms with E-state index in [9.17, 15) is 4.79 Å². The van der Waals surface area contributed by atoms with Crippen molar-refractivity contribution in [2.45, 2.75) is 26.7 Å². The SMILES string of the molecule is CC(C)CCCNC(=O)c1csc(-c2ncn[nH]2)n1. The Morgan fingerprint density at radius 2 is 2.37 bits per heavy atom. The van der Waals surface area contributed by atoms with Gasteiger partial charge < -0.3 is 5.32 Å². The standard InChI is InChI=1S/C12H17N5OS/c1-8(2)4-3-5-13-11(18)9-6-19-12(16-9)10-14-7-15-17-10/h6-8H,3-5H2,1-2H3,(H,13,18)(H,14,15,17). The number of hydrogen-bond acceptors (Lipinski definition) is 5. The molecule has 2 aromatic heterocycles. The zero-order valence-corrected chi connectivity index (χ0v) is 11.8. The molecule has 0 bridgehead atoms. The second-order valence-electron chi connectivity index (χ2n) is 4.66. The summed E-state index contributed by atoms with van der Waals surface area (Å²) in [7, 11) is 0. The molecule has 1 amide bonds.